The summed E-state index contributed by atoms with van der Waals surface area (Å²) in [4.78, 5) is 26.1. The highest BCUT2D eigenvalue weighted by Crippen LogP contribution is 2.51. The lowest BCUT2D eigenvalue weighted by atomic mass is 9.65. The van der Waals surface area contributed by atoms with Crippen LogP contribution < -0.4 is 4.90 Å². The Balaban J connectivity index is 1.86. The molecule has 32 heavy (non-hydrogen) atoms. The molecule has 1 unspecified atom stereocenters. The normalized spacial score (nSPS) is 19.3. The molecule has 0 bridgehead atoms. The van der Waals surface area contributed by atoms with E-state index in [-0.39, 0.29) is 17.0 Å². The molecule has 0 saturated carbocycles. The molecular formula is C26H25ClN2O3. The third-order valence-electron chi connectivity index (χ3n) is 6.39. The zero-order valence-electron chi connectivity index (χ0n) is 18.6. The maximum absolute atomic E-state index is 13.7. The maximum Gasteiger partial charge on any atom is 0.269 e. The van der Waals surface area contributed by atoms with Crippen molar-refractivity contribution in [3.05, 3.63) is 104 Å². The number of hydrogen-bond acceptors (Lipinski definition) is 3. The van der Waals surface area contributed by atoms with Gasteiger partial charge in [0.1, 0.15) is 0 Å². The first-order valence-electron chi connectivity index (χ1n) is 10.5. The number of carbonyl (C=O) groups is 1. The van der Waals surface area contributed by atoms with Gasteiger partial charge in [-0.15, -0.1) is 0 Å². The molecule has 3 aromatic rings. The Morgan fingerprint density at radius 3 is 2.22 bits per heavy atom. The van der Waals surface area contributed by atoms with Gasteiger partial charge in [0.15, 0.2) is 0 Å². The number of nitro groups is 1. The largest absolute Gasteiger partial charge is 0.302 e. The number of anilines is 1. The van der Waals surface area contributed by atoms with E-state index in [1.165, 1.54) is 24.3 Å². The van der Waals surface area contributed by atoms with E-state index in [9.17, 15) is 14.9 Å². The fourth-order valence-electron chi connectivity index (χ4n) is 4.97. The van der Waals surface area contributed by atoms with Crippen molar-refractivity contribution in [2.45, 2.75) is 45.1 Å². The van der Waals surface area contributed by atoms with E-state index >= 15 is 0 Å². The van der Waals surface area contributed by atoms with Crippen LogP contribution in [0.5, 0.6) is 0 Å². The van der Waals surface area contributed by atoms with Crippen molar-refractivity contribution in [1.82, 2.24) is 0 Å². The van der Waals surface area contributed by atoms with Crippen LogP contribution in [0.2, 0.25) is 5.02 Å². The van der Waals surface area contributed by atoms with Crippen molar-refractivity contribution >= 4 is 28.9 Å². The number of fused-ring (bicyclic) bond motifs is 1. The SMILES string of the molecule is Cc1ccc2c(c1)C(C)(c1ccc(Cl)cc1)CC(C)(C)N2C(=O)c1ccc([N+](=O)[O-])cc1. The highest BCUT2D eigenvalue weighted by Gasteiger charge is 2.48. The molecule has 3 aromatic carbocycles. The van der Waals surface area contributed by atoms with Crippen LogP contribution in [0.15, 0.2) is 66.7 Å². The molecule has 0 N–H and O–H groups in total. The van der Waals surface area contributed by atoms with E-state index in [1.807, 2.05) is 36.1 Å². The molecule has 1 aliphatic rings. The summed E-state index contributed by atoms with van der Waals surface area (Å²) in [5.74, 6) is -0.173. The molecule has 0 aromatic heterocycles. The zero-order valence-corrected chi connectivity index (χ0v) is 19.3. The lowest BCUT2D eigenvalue weighted by molar-refractivity contribution is -0.384. The average Bonchev–Trinajstić information content (AvgIpc) is 2.74. The quantitative estimate of drug-likeness (QED) is 0.331. The van der Waals surface area contributed by atoms with E-state index in [4.69, 9.17) is 11.6 Å². The molecule has 164 valence electrons. The van der Waals surface area contributed by atoms with Gasteiger partial charge in [-0.3, -0.25) is 14.9 Å². The summed E-state index contributed by atoms with van der Waals surface area (Å²) in [7, 11) is 0. The van der Waals surface area contributed by atoms with Crippen LogP contribution >= 0.6 is 11.6 Å². The summed E-state index contributed by atoms with van der Waals surface area (Å²) in [6.07, 6.45) is 0.705. The summed E-state index contributed by atoms with van der Waals surface area (Å²) < 4.78 is 0. The van der Waals surface area contributed by atoms with Crippen molar-refractivity contribution in [3.63, 3.8) is 0 Å². The van der Waals surface area contributed by atoms with E-state index in [0.717, 1.165) is 22.4 Å². The van der Waals surface area contributed by atoms with Crippen molar-refractivity contribution in [1.29, 1.82) is 0 Å². The molecule has 4 rings (SSSR count). The summed E-state index contributed by atoms with van der Waals surface area (Å²) in [6, 6.07) is 19.9. The summed E-state index contributed by atoms with van der Waals surface area (Å²) in [6.45, 7) is 8.38. The van der Waals surface area contributed by atoms with Crippen LogP contribution in [0.4, 0.5) is 11.4 Å². The lowest BCUT2D eigenvalue weighted by Gasteiger charge is -2.51. The molecule has 1 heterocycles. The van der Waals surface area contributed by atoms with E-state index in [1.54, 1.807) is 0 Å². The van der Waals surface area contributed by atoms with Gasteiger partial charge >= 0.3 is 0 Å². The van der Waals surface area contributed by atoms with Crippen molar-refractivity contribution < 1.29 is 9.72 Å². The van der Waals surface area contributed by atoms with Crippen LogP contribution in [0.25, 0.3) is 0 Å². The van der Waals surface area contributed by atoms with Crippen LogP contribution in [0.3, 0.4) is 0 Å². The number of aryl methyl sites for hydroxylation is 1. The van der Waals surface area contributed by atoms with Crippen LogP contribution in [0, 0.1) is 17.0 Å². The Hall–Kier alpha value is -3.18. The lowest BCUT2D eigenvalue weighted by Crippen LogP contribution is -2.55. The molecule has 1 aliphatic heterocycles. The van der Waals surface area contributed by atoms with Crippen LogP contribution in [-0.2, 0) is 5.41 Å². The molecule has 0 saturated heterocycles. The van der Waals surface area contributed by atoms with Crippen molar-refractivity contribution in [2.24, 2.45) is 0 Å². The number of halogens is 1. The topological polar surface area (TPSA) is 63.5 Å². The molecule has 0 aliphatic carbocycles. The molecule has 1 amide bonds. The van der Waals surface area contributed by atoms with Gasteiger partial charge in [0, 0.05) is 39.4 Å². The van der Waals surface area contributed by atoms with E-state index in [2.05, 4.69) is 39.0 Å². The molecule has 0 fully saturated rings. The number of amides is 1. The maximum atomic E-state index is 13.7. The second kappa shape index (κ2) is 7.75. The summed E-state index contributed by atoms with van der Waals surface area (Å²) in [5.41, 5.74) is 3.76. The Morgan fingerprint density at radius 2 is 1.62 bits per heavy atom. The number of benzene rings is 3. The summed E-state index contributed by atoms with van der Waals surface area (Å²) >= 11 is 6.15. The van der Waals surface area contributed by atoms with Gasteiger partial charge in [0.25, 0.3) is 11.6 Å². The molecular weight excluding hydrogens is 424 g/mol. The third-order valence-corrected chi connectivity index (χ3v) is 6.64. The second-order valence-electron chi connectivity index (χ2n) is 9.29. The number of hydrogen-bond donors (Lipinski definition) is 0. The van der Waals surface area contributed by atoms with E-state index < -0.39 is 10.5 Å². The molecule has 5 nitrogen and oxygen atoms in total. The molecule has 1 atom stereocenters. The monoisotopic (exact) mass is 448 g/mol. The minimum absolute atomic E-state index is 0.0363. The standard InChI is InChI=1S/C26H25ClN2O3/c1-17-5-14-23-22(15-17)26(4,19-8-10-20(27)11-9-19)16-25(2,3)28(23)24(30)18-6-12-21(13-7-18)29(31)32/h5-15H,16H2,1-4H3. The molecule has 0 spiro atoms. The number of nitro benzene ring substituents is 1. The van der Waals surface area contributed by atoms with Crippen molar-refractivity contribution in [2.75, 3.05) is 4.90 Å². The van der Waals surface area contributed by atoms with Gasteiger partial charge in [-0.2, -0.15) is 0 Å². The van der Waals surface area contributed by atoms with E-state index in [0.29, 0.717) is 17.0 Å². The number of non-ortho nitro benzene ring substituents is 1. The minimum Gasteiger partial charge on any atom is -0.302 e. The van der Waals surface area contributed by atoms with Crippen LogP contribution in [0.1, 0.15) is 54.2 Å². The Bertz CT molecular complexity index is 1200. The van der Waals surface area contributed by atoms with Gasteiger partial charge in [-0.1, -0.05) is 48.4 Å². The predicted octanol–water partition coefficient (Wildman–Crippen LogP) is 6.69. The predicted molar refractivity (Wildman–Crippen MR) is 128 cm³/mol. The first-order valence-corrected chi connectivity index (χ1v) is 10.9. The Kier molecular flexibility index (Phi) is 5.33. The zero-order chi connectivity index (χ0) is 23.3. The van der Waals surface area contributed by atoms with Crippen molar-refractivity contribution in [3.8, 4) is 0 Å². The highest BCUT2D eigenvalue weighted by atomic mass is 35.5. The first kappa shape index (κ1) is 22.0. The van der Waals surface area contributed by atoms with Gasteiger partial charge in [0.2, 0.25) is 0 Å². The number of rotatable bonds is 3. The first-order chi connectivity index (χ1) is 15.0. The molecule has 0 radical (unpaired) electrons. The fourth-order valence-corrected chi connectivity index (χ4v) is 5.09. The highest BCUT2D eigenvalue weighted by molar-refractivity contribution is 6.30. The number of carbonyl (C=O) groups excluding carboxylic acids is 1. The second-order valence-corrected chi connectivity index (χ2v) is 9.73. The summed E-state index contributed by atoms with van der Waals surface area (Å²) in [5, 5.41) is 11.7. The van der Waals surface area contributed by atoms with Gasteiger partial charge in [-0.05, 0) is 68.7 Å². The minimum atomic E-state index is -0.504. The Morgan fingerprint density at radius 1 is 1.00 bits per heavy atom. The molecule has 6 heteroatoms. The van der Waals surface area contributed by atoms with Crippen LogP contribution in [-0.4, -0.2) is 16.4 Å². The average molecular weight is 449 g/mol. The number of nitrogens with zero attached hydrogens (tertiary/aromatic N) is 2. The van der Waals surface area contributed by atoms with Gasteiger partial charge < -0.3 is 4.90 Å². The van der Waals surface area contributed by atoms with Gasteiger partial charge in [0.05, 0.1) is 4.92 Å². The smallest absolute Gasteiger partial charge is 0.269 e. The fraction of sp³-hybridized carbons (Fsp3) is 0.269. The Labute approximate surface area is 192 Å². The third kappa shape index (κ3) is 3.67. The van der Waals surface area contributed by atoms with Gasteiger partial charge in [-0.25, -0.2) is 0 Å².